The molecule has 1 amide bonds. The monoisotopic (exact) mass is 331 g/mol. The van der Waals surface area contributed by atoms with Gasteiger partial charge in [-0.15, -0.1) is 0 Å². The molecule has 2 fully saturated rings. The lowest BCUT2D eigenvalue weighted by molar-refractivity contribution is -0.130. The minimum absolute atomic E-state index is 0.333. The maximum absolute atomic E-state index is 12.4. The second kappa shape index (κ2) is 8.58. The van der Waals surface area contributed by atoms with Crippen molar-refractivity contribution >= 4 is 5.91 Å². The van der Waals surface area contributed by atoms with Crippen LogP contribution in [0.25, 0.3) is 0 Å². The summed E-state index contributed by atoms with van der Waals surface area (Å²) in [7, 11) is 2.15. The van der Waals surface area contributed by atoms with Gasteiger partial charge in [0.25, 0.3) is 0 Å². The number of aromatic nitrogens is 1. The average molecular weight is 331 g/mol. The minimum atomic E-state index is 0.333. The Morgan fingerprint density at radius 3 is 3.08 bits per heavy atom. The molecule has 0 aromatic carbocycles. The summed E-state index contributed by atoms with van der Waals surface area (Å²) < 4.78 is 5.39. The maximum atomic E-state index is 12.4. The molecular formula is C19H29N3O2. The van der Waals surface area contributed by atoms with E-state index in [4.69, 9.17) is 4.74 Å². The van der Waals surface area contributed by atoms with Crippen LogP contribution in [0.1, 0.15) is 31.2 Å². The largest absolute Gasteiger partial charge is 0.381 e. The molecule has 132 valence electrons. The Morgan fingerprint density at radius 2 is 2.33 bits per heavy atom. The Bertz CT molecular complexity index is 517. The van der Waals surface area contributed by atoms with Crippen molar-refractivity contribution in [3.63, 3.8) is 0 Å². The SMILES string of the molecule is CN(Cc1cccnc1)C[C@@H]1CCN(C(=O)CC[C@@H]2CCOC2)C1. The van der Waals surface area contributed by atoms with E-state index in [1.54, 1.807) is 0 Å². The molecule has 0 spiro atoms. The van der Waals surface area contributed by atoms with Crippen molar-refractivity contribution in [3.05, 3.63) is 30.1 Å². The van der Waals surface area contributed by atoms with Gasteiger partial charge in [0.1, 0.15) is 0 Å². The van der Waals surface area contributed by atoms with Crippen LogP contribution >= 0.6 is 0 Å². The van der Waals surface area contributed by atoms with Gasteiger partial charge in [-0.05, 0) is 49.8 Å². The van der Waals surface area contributed by atoms with E-state index in [0.717, 1.165) is 58.7 Å². The first kappa shape index (κ1) is 17.4. The third-order valence-corrected chi connectivity index (χ3v) is 5.17. The van der Waals surface area contributed by atoms with Gasteiger partial charge in [-0.25, -0.2) is 0 Å². The predicted octanol–water partition coefficient (Wildman–Crippen LogP) is 2.18. The van der Waals surface area contributed by atoms with E-state index in [9.17, 15) is 4.79 Å². The lowest BCUT2D eigenvalue weighted by Crippen LogP contribution is -2.31. The maximum Gasteiger partial charge on any atom is 0.222 e. The van der Waals surface area contributed by atoms with Gasteiger partial charge in [0.05, 0.1) is 0 Å². The molecule has 5 nitrogen and oxygen atoms in total. The molecule has 0 unspecified atom stereocenters. The number of likely N-dealkylation sites (tertiary alicyclic amines) is 1. The molecule has 0 aliphatic carbocycles. The highest BCUT2D eigenvalue weighted by atomic mass is 16.5. The number of pyridine rings is 1. The number of ether oxygens (including phenoxy) is 1. The van der Waals surface area contributed by atoms with Crippen molar-refractivity contribution in [2.75, 3.05) is 39.9 Å². The van der Waals surface area contributed by atoms with E-state index in [1.165, 1.54) is 5.56 Å². The van der Waals surface area contributed by atoms with E-state index >= 15 is 0 Å². The molecule has 0 N–H and O–H groups in total. The van der Waals surface area contributed by atoms with Crippen LogP contribution < -0.4 is 0 Å². The van der Waals surface area contributed by atoms with Gasteiger partial charge in [0.2, 0.25) is 5.91 Å². The molecule has 1 aromatic heterocycles. The van der Waals surface area contributed by atoms with E-state index in [2.05, 4.69) is 27.9 Å². The van der Waals surface area contributed by atoms with E-state index in [1.807, 2.05) is 18.5 Å². The van der Waals surface area contributed by atoms with Crippen LogP contribution in [0.2, 0.25) is 0 Å². The number of carbonyl (C=O) groups excluding carboxylic acids is 1. The van der Waals surface area contributed by atoms with Crippen LogP contribution in [0.4, 0.5) is 0 Å². The summed E-state index contributed by atoms with van der Waals surface area (Å²) >= 11 is 0. The number of nitrogens with zero attached hydrogens (tertiary/aromatic N) is 3. The third kappa shape index (κ3) is 5.02. The highest BCUT2D eigenvalue weighted by Gasteiger charge is 2.27. The van der Waals surface area contributed by atoms with Crippen LogP contribution in [0, 0.1) is 11.8 Å². The number of hydrogen-bond donors (Lipinski definition) is 0. The van der Waals surface area contributed by atoms with Crippen LogP contribution in [-0.2, 0) is 16.1 Å². The molecule has 0 radical (unpaired) electrons. The molecule has 5 heteroatoms. The summed E-state index contributed by atoms with van der Waals surface area (Å²) in [5, 5.41) is 0. The zero-order valence-electron chi connectivity index (χ0n) is 14.7. The first-order chi connectivity index (χ1) is 11.7. The van der Waals surface area contributed by atoms with Crippen LogP contribution in [0.5, 0.6) is 0 Å². The normalized spacial score (nSPS) is 24.0. The van der Waals surface area contributed by atoms with Crippen molar-refractivity contribution in [2.24, 2.45) is 11.8 Å². The molecule has 1 aromatic rings. The number of rotatable bonds is 7. The van der Waals surface area contributed by atoms with E-state index < -0.39 is 0 Å². The summed E-state index contributed by atoms with van der Waals surface area (Å²) in [5.74, 6) is 1.52. The Kier molecular flexibility index (Phi) is 6.21. The van der Waals surface area contributed by atoms with Crippen molar-refractivity contribution in [2.45, 2.75) is 32.2 Å². The Balaban J connectivity index is 1.37. The van der Waals surface area contributed by atoms with Gasteiger partial charge in [0, 0.05) is 58.2 Å². The Labute approximate surface area is 145 Å². The summed E-state index contributed by atoms with van der Waals surface area (Å²) in [4.78, 5) is 21.0. The molecule has 2 aliphatic heterocycles. The molecule has 2 saturated heterocycles. The molecule has 2 atom stereocenters. The Morgan fingerprint density at radius 1 is 1.42 bits per heavy atom. The number of carbonyl (C=O) groups is 1. The molecule has 0 saturated carbocycles. The fourth-order valence-electron chi connectivity index (χ4n) is 3.81. The van der Waals surface area contributed by atoms with Gasteiger partial charge in [-0.3, -0.25) is 9.78 Å². The van der Waals surface area contributed by atoms with Gasteiger partial charge in [-0.2, -0.15) is 0 Å². The molecule has 3 heterocycles. The van der Waals surface area contributed by atoms with Crippen LogP contribution in [0.15, 0.2) is 24.5 Å². The zero-order valence-corrected chi connectivity index (χ0v) is 14.7. The van der Waals surface area contributed by atoms with Gasteiger partial charge >= 0.3 is 0 Å². The first-order valence-electron chi connectivity index (χ1n) is 9.13. The van der Waals surface area contributed by atoms with Crippen LogP contribution in [0.3, 0.4) is 0 Å². The highest BCUT2D eigenvalue weighted by molar-refractivity contribution is 5.76. The quantitative estimate of drug-likeness (QED) is 0.768. The fraction of sp³-hybridized carbons (Fsp3) is 0.684. The minimum Gasteiger partial charge on any atom is -0.381 e. The number of amides is 1. The second-order valence-electron chi connectivity index (χ2n) is 7.32. The molecule has 24 heavy (non-hydrogen) atoms. The molecule has 2 aliphatic rings. The molecule has 3 rings (SSSR count). The lowest BCUT2D eigenvalue weighted by atomic mass is 10.0. The number of hydrogen-bond acceptors (Lipinski definition) is 4. The van der Waals surface area contributed by atoms with Gasteiger partial charge in [0.15, 0.2) is 0 Å². The molecular weight excluding hydrogens is 302 g/mol. The van der Waals surface area contributed by atoms with Crippen molar-refractivity contribution in [1.82, 2.24) is 14.8 Å². The predicted molar refractivity (Wildman–Crippen MR) is 93.4 cm³/mol. The summed E-state index contributed by atoms with van der Waals surface area (Å²) in [6.45, 7) is 5.50. The van der Waals surface area contributed by atoms with Crippen molar-refractivity contribution in [3.8, 4) is 0 Å². The summed E-state index contributed by atoms with van der Waals surface area (Å²) in [6, 6.07) is 4.09. The van der Waals surface area contributed by atoms with Gasteiger partial charge in [-0.1, -0.05) is 6.07 Å². The lowest BCUT2D eigenvalue weighted by Gasteiger charge is -2.22. The standard InChI is InChI=1S/C19H29N3O2/c1-21(12-17-3-2-8-20-11-17)13-18-6-9-22(14-18)19(23)5-4-16-7-10-24-15-16/h2-3,8,11,16,18H,4-7,9-10,12-15H2,1H3/t16-,18+/m1/s1. The van der Waals surface area contributed by atoms with Gasteiger partial charge < -0.3 is 14.5 Å². The van der Waals surface area contributed by atoms with E-state index in [0.29, 0.717) is 24.2 Å². The second-order valence-corrected chi connectivity index (χ2v) is 7.32. The summed E-state index contributed by atoms with van der Waals surface area (Å²) in [6.07, 6.45) is 7.65. The third-order valence-electron chi connectivity index (χ3n) is 5.17. The average Bonchev–Trinajstić information content (AvgIpc) is 3.25. The molecule has 0 bridgehead atoms. The van der Waals surface area contributed by atoms with Crippen LogP contribution in [-0.4, -0.2) is 60.6 Å². The highest BCUT2D eigenvalue weighted by Crippen LogP contribution is 2.22. The van der Waals surface area contributed by atoms with E-state index in [-0.39, 0.29) is 0 Å². The smallest absolute Gasteiger partial charge is 0.222 e. The topological polar surface area (TPSA) is 45.7 Å². The van der Waals surface area contributed by atoms with Crippen molar-refractivity contribution < 1.29 is 9.53 Å². The summed E-state index contributed by atoms with van der Waals surface area (Å²) in [5.41, 5.74) is 1.24. The first-order valence-corrected chi connectivity index (χ1v) is 9.13. The Hall–Kier alpha value is -1.46. The zero-order chi connectivity index (χ0) is 16.8. The van der Waals surface area contributed by atoms with Crippen molar-refractivity contribution in [1.29, 1.82) is 0 Å². The fourth-order valence-corrected chi connectivity index (χ4v) is 3.81.